The summed E-state index contributed by atoms with van der Waals surface area (Å²) in [6.07, 6.45) is 13.8. The van der Waals surface area contributed by atoms with Gasteiger partial charge in [-0.25, -0.2) is 0 Å². The van der Waals surface area contributed by atoms with Crippen molar-refractivity contribution in [2.45, 2.75) is 77.6 Å². The van der Waals surface area contributed by atoms with Gasteiger partial charge in [-0.2, -0.15) is 0 Å². The Kier molecular flexibility index (Phi) is 20.9. The molecule has 0 fully saturated rings. The first-order valence-corrected chi connectivity index (χ1v) is 9.61. The largest absolute Gasteiger partial charge is 0.396 e. The van der Waals surface area contributed by atoms with Crippen molar-refractivity contribution in [3.63, 3.8) is 0 Å². The number of hydrogen-bond acceptors (Lipinski definition) is 5. The van der Waals surface area contributed by atoms with Gasteiger partial charge in [0.25, 0.3) is 0 Å². The number of carbonyl (C=O) groups excluding carboxylic acids is 1. The molecule has 0 saturated heterocycles. The van der Waals surface area contributed by atoms with Crippen LogP contribution in [0.25, 0.3) is 0 Å². The molecule has 0 atom stereocenters. The summed E-state index contributed by atoms with van der Waals surface area (Å²) < 4.78 is 0. The van der Waals surface area contributed by atoms with Crippen LogP contribution in [0.1, 0.15) is 77.6 Å². The molecule has 0 aromatic carbocycles. The van der Waals surface area contributed by atoms with Crippen LogP contribution in [0.15, 0.2) is 0 Å². The third kappa shape index (κ3) is 16.7. The molecule has 0 aromatic heterocycles. The Morgan fingerprint density at radius 2 is 1.04 bits per heavy atom. The van der Waals surface area contributed by atoms with E-state index in [9.17, 15) is 4.79 Å². The average Bonchev–Trinajstić information content (AvgIpc) is 2.59. The molecule has 0 bridgehead atoms. The number of hydrogen-bond donors (Lipinski definition) is 5. The smallest absolute Gasteiger partial charge is 0.185 e. The molecule has 0 aromatic rings. The topological polar surface area (TPSA) is 98.0 Å². The van der Waals surface area contributed by atoms with E-state index in [1.54, 1.807) is 0 Å². The molecule has 0 aliphatic rings. The second-order valence-corrected chi connectivity index (χ2v) is 6.96. The predicted octanol–water partition coefficient (Wildman–Crippen LogP) is 2.70. The van der Waals surface area contributed by atoms with Crippen molar-refractivity contribution in [3.05, 3.63) is 0 Å². The number of thiol groups is 1. The SMILES string of the molecule is CCCCCCCCCCCCC(=O)S.OCC(CO)(CO)CO. The molecule has 0 radical (unpaired) electrons. The molecule has 24 heavy (non-hydrogen) atoms. The Hall–Kier alpha value is -0.140. The maximum atomic E-state index is 10.5. The summed E-state index contributed by atoms with van der Waals surface area (Å²) in [5.41, 5.74) is -1.11. The summed E-state index contributed by atoms with van der Waals surface area (Å²) in [4.78, 5) is 10.5. The van der Waals surface area contributed by atoms with E-state index >= 15 is 0 Å². The Bertz CT molecular complexity index is 253. The van der Waals surface area contributed by atoms with Gasteiger partial charge in [-0.15, -0.1) is 12.6 Å². The molecule has 0 aliphatic heterocycles. The van der Waals surface area contributed by atoms with Crippen LogP contribution < -0.4 is 0 Å². The van der Waals surface area contributed by atoms with Crippen LogP contribution in [0.2, 0.25) is 0 Å². The zero-order chi connectivity index (χ0) is 18.7. The van der Waals surface area contributed by atoms with Crippen molar-refractivity contribution in [1.29, 1.82) is 0 Å². The van der Waals surface area contributed by atoms with E-state index in [1.165, 1.54) is 57.8 Å². The normalized spacial score (nSPS) is 11.1. The van der Waals surface area contributed by atoms with Gasteiger partial charge in [0.15, 0.2) is 5.12 Å². The number of aliphatic hydroxyl groups excluding tert-OH is 4. The second-order valence-electron chi connectivity index (χ2n) is 6.46. The third-order valence-corrected chi connectivity index (χ3v) is 4.31. The molecular weight excluding hydrogens is 328 g/mol. The minimum atomic E-state index is -1.11. The molecule has 0 spiro atoms. The molecular formula is C18H38O5S. The molecule has 0 aliphatic carbocycles. The molecule has 6 heteroatoms. The first-order chi connectivity index (χ1) is 11.5. The Balaban J connectivity index is 0. The summed E-state index contributed by atoms with van der Waals surface area (Å²) in [6.45, 7) is 0.628. The van der Waals surface area contributed by atoms with Crippen molar-refractivity contribution in [2.24, 2.45) is 5.41 Å². The Morgan fingerprint density at radius 1 is 0.708 bits per heavy atom. The minimum absolute atomic E-state index is 0.0366. The van der Waals surface area contributed by atoms with Crippen molar-refractivity contribution in [3.8, 4) is 0 Å². The summed E-state index contributed by atoms with van der Waals surface area (Å²) in [7, 11) is 0. The Labute approximate surface area is 152 Å². The van der Waals surface area contributed by atoms with Crippen LogP contribution in [-0.2, 0) is 4.79 Å². The van der Waals surface area contributed by atoms with Gasteiger partial charge in [0, 0.05) is 6.42 Å². The molecule has 0 amide bonds. The van der Waals surface area contributed by atoms with Gasteiger partial charge < -0.3 is 20.4 Å². The predicted molar refractivity (Wildman–Crippen MR) is 101 cm³/mol. The van der Waals surface area contributed by atoms with E-state index in [4.69, 9.17) is 20.4 Å². The highest BCUT2D eigenvalue weighted by molar-refractivity contribution is 7.96. The van der Waals surface area contributed by atoms with Gasteiger partial charge in [0.1, 0.15) is 0 Å². The van der Waals surface area contributed by atoms with E-state index < -0.39 is 31.8 Å². The lowest BCUT2D eigenvalue weighted by atomic mass is 9.93. The molecule has 0 unspecified atom stereocenters. The number of aliphatic hydroxyl groups is 4. The van der Waals surface area contributed by atoms with Crippen LogP contribution in [0.4, 0.5) is 0 Å². The van der Waals surface area contributed by atoms with E-state index in [0.29, 0.717) is 6.42 Å². The average molecular weight is 367 g/mol. The molecule has 5 nitrogen and oxygen atoms in total. The van der Waals surface area contributed by atoms with Crippen molar-refractivity contribution in [2.75, 3.05) is 26.4 Å². The summed E-state index contributed by atoms with van der Waals surface area (Å²) in [5.74, 6) is 0. The van der Waals surface area contributed by atoms with Crippen LogP contribution >= 0.6 is 12.6 Å². The summed E-state index contributed by atoms with van der Waals surface area (Å²) in [5, 5.41) is 34.0. The lowest BCUT2D eigenvalue weighted by Gasteiger charge is -2.23. The second kappa shape index (κ2) is 19.2. The highest BCUT2D eigenvalue weighted by Crippen LogP contribution is 2.12. The molecule has 146 valence electrons. The maximum Gasteiger partial charge on any atom is 0.185 e. The van der Waals surface area contributed by atoms with E-state index in [0.717, 1.165) is 6.42 Å². The summed E-state index contributed by atoms with van der Waals surface area (Å²) in [6, 6.07) is 0. The minimum Gasteiger partial charge on any atom is -0.396 e. The van der Waals surface area contributed by atoms with E-state index in [2.05, 4.69) is 19.6 Å². The van der Waals surface area contributed by atoms with Crippen LogP contribution in [0.3, 0.4) is 0 Å². The molecule has 0 rings (SSSR count). The third-order valence-electron chi connectivity index (χ3n) is 4.09. The number of carbonyl (C=O) groups is 1. The molecule has 0 saturated carbocycles. The number of rotatable bonds is 15. The highest BCUT2D eigenvalue weighted by Gasteiger charge is 2.26. The standard InChI is InChI=1S/C13H26OS.C5H12O4/c1-2-3-4-5-6-7-8-9-10-11-12-13(14)15;6-1-5(2-7,3-8)4-9/h2-12H2,1H3,(H,14,15);6-9H,1-4H2. The van der Waals surface area contributed by atoms with Crippen molar-refractivity contribution >= 4 is 17.7 Å². The van der Waals surface area contributed by atoms with Crippen molar-refractivity contribution < 1.29 is 25.2 Å². The van der Waals surface area contributed by atoms with Gasteiger partial charge in [-0.1, -0.05) is 64.7 Å². The lowest BCUT2D eigenvalue weighted by molar-refractivity contribution is -0.110. The quantitative estimate of drug-likeness (QED) is 0.227. The van der Waals surface area contributed by atoms with E-state index in [1.807, 2.05) is 0 Å². The van der Waals surface area contributed by atoms with Crippen LogP contribution in [0, 0.1) is 5.41 Å². The zero-order valence-electron chi connectivity index (χ0n) is 15.3. The maximum absolute atomic E-state index is 10.5. The van der Waals surface area contributed by atoms with E-state index in [-0.39, 0.29) is 5.12 Å². The van der Waals surface area contributed by atoms with Gasteiger partial charge in [-0.3, -0.25) is 4.79 Å². The van der Waals surface area contributed by atoms with Crippen LogP contribution in [-0.4, -0.2) is 52.0 Å². The fourth-order valence-corrected chi connectivity index (χ4v) is 2.22. The fourth-order valence-electron chi connectivity index (χ4n) is 2.06. The number of unbranched alkanes of at least 4 members (excludes halogenated alkanes) is 9. The zero-order valence-corrected chi connectivity index (χ0v) is 16.1. The van der Waals surface area contributed by atoms with Crippen molar-refractivity contribution in [1.82, 2.24) is 0 Å². The monoisotopic (exact) mass is 366 g/mol. The lowest BCUT2D eigenvalue weighted by Crippen LogP contribution is -2.37. The van der Waals surface area contributed by atoms with Gasteiger partial charge >= 0.3 is 0 Å². The van der Waals surface area contributed by atoms with Gasteiger partial charge in [0.2, 0.25) is 0 Å². The Morgan fingerprint density at radius 3 is 1.29 bits per heavy atom. The first-order valence-electron chi connectivity index (χ1n) is 9.17. The van der Waals surface area contributed by atoms with Gasteiger partial charge in [-0.05, 0) is 6.42 Å². The fraction of sp³-hybridized carbons (Fsp3) is 0.944. The summed E-state index contributed by atoms with van der Waals surface area (Å²) >= 11 is 3.75. The van der Waals surface area contributed by atoms with Crippen LogP contribution in [0.5, 0.6) is 0 Å². The first kappa shape index (κ1) is 26.1. The van der Waals surface area contributed by atoms with Gasteiger partial charge in [0.05, 0.1) is 31.8 Å². The molecule has 4 N–H and O–H groups in total. The molecule has 0 heterocycles. The highest BCUT2D eigenvalue weighted by atomic mass is 32.1.